The molecule has 1 saturated carbocycles. The minimum atomic E-state index is 0.507. The third-order valence-corrected chi connectivity index (χ3v) is 4.55. The van der Waals surface area contributed by atoms with Gasteiger partial charge in [0, 0.05) is 22.6 Å². The molecule has 0 bridgehead atoms. The van der Waals surface area contributed by atoms with Crippen LogP contribution in [0.3, 0.4) is 0 Å². The van der Waals surface area contributed by atoms with E-state index in [0.29, 0.717) is 28.6 Å². The molecule has 0 aliphatic heterocycles. The van der Waals surface area contributed by atoms with E-state index < -0.39 is 0 Å². The van der Waals surface area contributed by atoms with Gasteiger partial charge in [-0.15, -0.1) is 5.10 Å². The molecule has 0 saturated heterocycles. The van der Waals surface area contributed by atoms with Gasteiger partial charge in [0.15, 0.2) is 5.82 Å². The quantitative estimate of drug-likeness (QED) is 0.816. The molecule has 0 spiro atoms. The molecule has 1 aliphatic rings. The molecule has 0 amide bonds. The summed E-state index contributed by atoms with van der Waals surface area (Å²) in [6.07, 6.45) is 7.38. The molecule has 1 heterocycles. The number of aromatic nitrogens is 3. The Balaban J connectivity index is 1.53. The molecule has 1 aromatic carbocycles. The van der Waals surface area contributed by atoms with Crippen LogP contribution < -0.4 is 10.6 Å². The summed E-state index contributed by atoms with van der Waals surface area (Å²) in [6.45, 7) is 0.677. The van der Waals surface area contributed by atoms with Gasteiger partial charge in [-0.25, -0.2) is 0 Å². The summed E-state index contributed by atoms with van der Waals surface area (Å²) in [5.41, 5.74) is 1.04. The zero-order valence-electron chi connectivity index (χ0n) is 12.7. The molecule has 3 rings (SSSR count). The van der Waals surface area contributed by atoms with E-state index >= 15 is 0 Å². The van der Waals surface area contributed by atoms with E-state index in [1.807, 2.05) is 12.1 Å². The molecule has 0 atom stereocenters. The maximum absolute atomic E-state index is 6.17. The predicted molar refractivity (Wildman–Crippen MR) is 94.4 cm³/mol. The van der Waals surface area contributed by atoms with Gasteiger partial charge >= 0.3 is 0 Å². The smallest absolute Gasteiger partial charge is 0.244 e. The van der Waals surface area contributed by atoms with Crippen molar-refractivity contribution in [1.29, 1.82) is 0 Å². The minimum absolute atomic E-state index is 0.507. The lowest BCUT2D eigenvalue weighted by Gasteiger charge is -2.12. The number of nitrogens with one attached hydrogen (secondary N) is 2. The van der Waals surface area contributed by atoms with Gasteiger partial charge in [0.25, 0.3) is 0 Å². The summed E-state index contributed by atoms with van der Waals surface area (Å²) in [4.78, 5) is 4.45. The fraction of sp³-hybridized carbons (Fsp3) is 0.438. The van der Waals surface area contributed by atoms with Crippen LogP contribution in [0.15, 0.2) is 24.4 Å². The molecule has 2 N–H and O–H groups in total. The van der Waals surface area contributed by atoms with E-state index in [2.05, 4.69) is 25.8 Å². The molecular weight excluding hydrogens is 333 g/mol. The van der Waals surface area contributed by atoms with Gasteiger partial charge in [-0.3, -0.25) is 0 Å². The van der Waals surface area contributed by atoms with Crippen molar-refractivity contribution < 1.29 is 0 Å². The summed E-state index contributed by atoms with van der Waals surface area (Å²) in [5.74, 6) is 1.30. The van der Waals surface area contributed by atoms with Crippen molar-refractivity contribution in [2.45, 2.75) is 38.1 Å². The lowest BCUT2D eigenvalue weighted by Crippen LogP contribution is -2.17. The van der Waals surface area contributed by atoms with E-state index in [1.54, 1.807) is 12.3 Å². The highest BCUT2D eigenvalue weighted by atomic mass is 35.5. The van der Waals surface area contributed by atoms with Crippen molar-refractivity contribution in [3.05, 3.63) is 40.0 Å². The van der Waals surface area contributed by atoms with Gasteiger partial charge < -0.3 is 10.6 Å². The standard InChI is InChI=1S/C16H19Cl2N5/c17-12-6-5-11(14(18)9-12)7-8-19-16-22-15(10-20-23-16)21-13-3-1-2-4-13/h5-6,9-10,13H,1-4,7-8H2,(H2,19,21,22,23). The Bertz CT molecular complexity index is 659. The van der Waals surface area contributed by atoms with Crippen molar-refractivity contribution in [2.24, 2.45) is 0 Å². The Morgan fingerprint density at radius 2 is 2.00 bits per heavy atom. The first kappa shape index (κ1) is 16.3. The third kappa shape index (κ3) is 4.69. The average molecular weight is 352 g/mol. The summed E-state index contributed by atoms with van der Waals surface area (Å²) >= 11 is 12.1. The van der Waals surface area contributed by atoms with E-state index in [0.717, 1.165) is 17.8 Å². The second kappa shape index (κ2) is 7.79. The number of rotatable bonds is 6. The highest BCUT2D eigenvalue weighted by molar-refractivity contribution is 6.35. The van der Waals surface area contributed by atoms with Gasteiger partial charge in [0.1, 0.15) is 0 Å². The Labute approximate surface area is 145 Å². The lowest BCUT2D eigenvalue weighted by molar-refractivity contribution is 0.746. The summed E-state index contributed by atoms with van der Waals surface area (Å²) in [7, 11) is 0. The molecule has 0 radical (unpaired) electrons. The van der Waals surface area contributed by atoms with E-state index in [1.165, 1.54) is 25.7 Å². The maximum Gasteiger partial charge on any atom is 0.244 e. The highest BCUT2D eigenvalue weighted by Gasteiger charge is 2.15. The van der Waals surface area contributed by atoms with Crippen molar-refractivity contribution >= 4 is 35.0 Å². The monoisotopic (exact) mass is 351 g/mol. The molecular formula is C16H19Cl2N5. The lowest BCUT2D eigenvalue weighted by atomic mass is 10.1. The number of halogens is 2. The molecule has 5 nitrogen and oxygen atoms in total. The normalized spacial score (nSPS) is 14.9. The van der Waals surface area contributed by atoms with Crippen LogP contribution in [0, 0.1) is 0 Å². The first-order valence-corrected chi connectivity index (χ1v) is 8.60. The van der Waals surface area contributed by atoms with E-state index in [9.17, 15) is 0 Å². The Morgan fingerprint density at radius 1 is 1.17 bits per heavy atom. The Kier molecular flexibility index (Phi) is 5.51. The fourth-order valence-corrected chi connectivity index (χ4v) is 3.26. The molecule has 1 fully saturated rings. The van der Waals surface area contributed by atoms with Crippen LogP contribution in [0.4, 0.5) is 11.8 Å². The van der Waals surface area contributed by atoms with Crippen LogP contribution in [0.2, 0.25) is 10.0 Å². The average Bonchev–Trinajstić information content (AvgIpc) is 3.03. The predicted octanol–water partition coefficient (Wildman–Crippen LogP) is 4.19. The van der Waals surface area contributed by atoms with Gasteiger partial charge in [0.2, 0.25) is 5.95 Å². The first-order valence-electron chi connectivity index (χ1n) is 7.85. The molecule has 0 unspecified atom stereocenters. The summed E-state index contributed by atoms with van der Waals surface area (Å²) in [6, 6.07) is 6.03. The van der Waals surface area contributed by atoms with E-state index in [4.69, 9.17) is 23.2 Å². The maximum atomic E-state index is 6.17. The minimum Gasteiger partial charge on any atom is -0.366 e. The highest BCUT2D eigenvalue weighted by Crippen LogP contribution is 2.22. The molecule has 1 aliphatic carbocycles. The van der Waals surface area contributed by atoms with Gasteiger partial charge in [-0.1, -0.05) is 42.1 Å². The summed E-state index contributed by atoms with van der Waals surface area (Å²) < 4.78 is 0. The van der Waals surface area contributed by atoms with Crippen molar-refractivity contribution in [2.75, 3.05) is 17.2 Å². The largest absolute Gasteiger partial charge is 0.366 e. The molecule has 2 aromatic rings. The molecule has 122 valence electrons. The van der Waals surface area contributed by atoms with Crippen molar-refractivity contribution in [1.82, 2.24) is 15.2 Å². The molecule has 23 heavy (non-hydrogen) atoms. The van der Waals surface area contributed by atoms with Gasteiger partial charge in [0.05, 0.1) is 6.20 Å². The van der Waals surface area contributed by atoms with Crippen LogP contribution >= 0.6 is 23.2 Å². The SMILES string of the molecule is Clc1ccc(CCNc2nncc(NC3CCCC3)n2)c(Cl)c1. The zero-order valence-corrected chi connectivity index (χ0v) is 14.2. The van der Waals surface area contributed by atoms with Crippen LogP contribution in [0.25, 0.3) is 0 Å². The van der Waals surface area contributed by atoms with Crippen molar-refractivity contribution in [3.8, 4) is 0 Å². The number of hydrogen-bond acceptors (Lipinski definition) is 5. The van der Waals surface area contributed by atoms with Crippen LogP contribution in [-0.2, 0) is 6.42 Å². The second-order valence-corrected chi connectivity index (χ2v) is 6.55. The number of hydrogen-bond donors (Lipinski definition) is 2. The van der Waals surface area contributed by atoms with Gasteiger partial charge in [-0.05, 0) is 37.0 Å². The number of nitrogens with zero attached hydrogens (tertiary/aromatic N) is 3. The van der Waals surface area contributed by atoms with Gasteiger partial charge in [-0.2, -0.15) is 10.1 Å². The zero-order chi connectivity index (χ0) is 16.1. The fourth-order valence-electron chi connectivity index (χ4n) is 2.76. The molecule has 7 heteroatoms. The number of anilines is 2. The Hall–Kier alpha value is -1.59. The Morgan fingerprint density at radius 3 is 2.78 bits per heavy atom. The van der Waals surface area contributed by atoms with Crippen LogP contribution in [0.5, 0.6) is 0 Å². The van der Waals surface area contributed by atoms with E-state index in [-0.39, 0.29) is 0 Å². The number of benzene rings is 1. The molecule has 1 aromatic heterocycles. The van der Waals surface area contributed by atoms with Crippen LogP contribution in [-0.4, -0.2) is 27.8 Å². The second-order valence-electron chi connectivity index (χ2n) is 5.70. The topological polar surface area (TPSA) is 62.7 Å². The first-order chi connectivity index (χ1) is 11.2. The van der Waals surface area contributed by atoms with Crippen LogP contribution in [0.1, 0.15) is 31.2 Å². The third-order valence-electron chi connectivity index (χ3n) is 3.96. The summed E-state index contributed by atoms with van der Waals surface area (Å²) in [5, 5.41) is 15.9. The van der Waals surface area contributed by atoms with Crippen molar-refractivity contribution in [3.63, 3.8) is 0 Å².